The van der Waals surface area contributed by atoms with Crippen molar-refractivity contribution in [2.24, 2.45) is 0 Å². The molecule has 1 N–H and O–H groups in total. The smallest absolute Gasteiger partial charge is 0.0379 e. The quantitative estimate of drug-likeness (QED) is 0.756. The van der Waals surface area contributed by atoms with Gasteiger partial charge in [0.15, 0.2) is 0 Å². The van der Waals surface area contributed by atoms with Gasteiger partial charge in [0.25, 0.3) is 0 Å². The number of hydrogen-bond donors (Lipinski definition) is 1. The predicted molar refractivity (Wildman–Crippen MR) is 74.2 cm³/mol. The molecule has 0 aliphatic heterocycles. The Kier molecular flexibility index (Phi) is 5.36. The van der Waals surface area contributed by atoms with Gasteiger partial charge in [-0.25, -0.2) is 0 Å². The Morgan fingerprint density at radius 3 is 2.41 bits per heavy atom. The molecule has 1 rings (SSSR count). The van der Waals surface area contributed by atoms with Gasteiger partial charge in [-0.1, -0.05) is 12.5 Å². The van der Waals surface area contributed by atoms with Gasteiger partial charge in [-0.15, -0.1) is 6.58 Å². The van der Waals surface area contributed by atoms with Crippen molar-refractivity contribution >= 4 is 0 Å². The summed E-state index contributed by atoms with van der Waals surface area (Å²) in [6.07, 6.45) is 2.14. The molecule has 0 saturated heterocycles. The maximum atomic E-state index is 4.43. The third-order valence-corrected chi connectivity index (χ3v) is 2.70. The molecule has 0 aromatic carbocycles. The van der Waals surface area contributed by atoms with Crippen molar-refractivity contribution in [3.05, 3.63) is 41.2 Å². The first-order chi connectivity index (χ1) is 8.02. The second-order valence-corrected chi connectivity index (χ2v) is 4.85. The minimum atomic E-state index is 0.368. The molecule has 0 radical (unpaired) electrons. The fraction of sp³-hybridized carbons (Fsp3) is 0.533. The van der Waals surface area contributed by atoms with E-state index in [2.05, 4.69) is 42.9 Å². The van der Waals surface area contributed by atoms with E-state index in [4.69, 9.17) is 0 Å². The van der Waals surface area contributed by atoms with Gasteiger partial charge in [-0.2, -0.15) is 0 Å². The largest absolute Gasteiger partial charge is 0.310 e. The van der Waals surface area contributed by atoms with Crippen molar-refractivity contribution in [2.45, 2.75) is 46.6 Å². The lowest BCUT2D eigenvalue weighted by Gasteiger charge is -2.20. The SMILES string of the molecule is C=C(C)CC(NCCC)c1cc(C)nc(C)c1. The Bertz CT molecular complexity index is 362. The number of nitrogens with one attached hydrogen (secondary N) is 1. The average molecular weight is 232 g/mol. The van der Waals surface area contributed by atoms with Crippen molar-refractivity contribution in [3.8, 4) is 0 Å². The van der Waals surface area contributed by atoms with Crippen LogP contribution in [0.2, 0.25) is 0 Å². The zero-order valence-electron chi connectivity index (χ0n) is 11.5. The highest BCUT2D eigenvalue weighted by Gasteiger charge is 2.11. The van der Waals surface area contributed by atoms with Crippen LogP contribution in [0.1, 0.15) is 49.7 Å². The zero-order valence-corrected chi connectivity index (χ0v) is 11.5. The molecule has 1 aromatic rings. The van der Waals surface area contributed by atoms with E-state index in [1.165, 1.54) is 11.1 Å². The van der Waals surface area contributed by atoms with Gasteiger partial charge >= 0.3 is 0 Å². The minimum absolute atomic E-state index is 0.368. The molecule has 2 nitrogen and oxygen atoms in total. The molecule has 17 heavy (non-hydrogen) atoms. The molecule has 0 spiro atoms. The van der Waals surface area contributed by atoms with Crippen LogP contribution >= 0.6 is 0 Å². The van der Waals surface area contributed by atoms with Gasteiger partial charge in [-0.3, -0.25) is 4.98 Å². The normalized spacial score (nSPS) is 12.5. The molecule has 2 heteroatoms. The summed E-state index contributed by atoms with van der Waals surface area (Å²) in [6, 6.07) is 4.71. The zero-order chi connectivity index (χ0) is 12.8. The van der Waals surface area contributed by atoms with Gasteiger partial charge in [0.05, 0.1) is 0 Å². The van der Waals surface area contributed by atoms with Gasteiger partial charge in [0, 0.05) is 17.4 Å². The number of pyridine rings is 1. The molecule has 0 amide bonds. The molecule has 94 valence electrons. The Morgan fingerprint density at radius 2 is 1.94 bits per heavy atom. The number of hydrogen-bond acceptors (Lipinski definition) is 2. The van der Waals surface area contributed by atoms with Crippen LogP contribution in [0, 0.1) is 13.8 Å². The van der Waals surface area contributed by atoms with Crippen LogP contribution < -0.4 is 5.32 Å². The maximum absolute atomic E-state index is 4.43. The van der Waals surface area contributed by atoms with Crippen molar-refractivity contribution in [1.29, 1.82) is 0 Å². The molecule has 0 aliphatic rings. The number of aromatic nitrogens is 1. The fourth-order valence-electron chi connectivity index (χ4n) is 2.04. The third-order valence-electron chi connectivity index (χ3n) is 2.70. The molecule has 0 fully saturated rings. The summed E-state index contributed by atoms with van der Waals surface area (Å²) in [6.45, 7) is 13.4. The lowest BCUT2D eigenvalue weighted by molar-refractivity contribution is 0.527. The Morgan fingerprint density at radius 1 is 1.35 bits per heavy atom. The molecule has 1 aromatic heterocycles. The molecule has 0 bridgehead atoms. The Balaban J connectivity index is 2.90. The van der Waals surface area contributed by atoms with Crippen molar-refractivity contribution in [2.75, 3.05) is 6.54 Å². The first-order valence-corrected chi connectivity index (χ1v) is 6.36. The molecule has 1 heterocycles. The number of aryl methyl sites for hydroxylation is 2. The number of rotatable bonds is 6. The van der Waals surface area contributed by atoms with Crippen LogP contribution in [0.15, 0.2) is 24.3 Å². The molecule has 1 atom stereocenters. The standard InChI is InChI=1S/C15H24N2/c1-6-7-16-15(8-11(2)3)14-9-12(4)17-13(5)10-14/h9-10,15-16H,2,6-8H2,1,3-5H3. The van der Waals surface area contributed by atoms with E-state index in [9.17, 15) is 0 Å². The summed E-state index contributed by atoms with van der Waals surface area (Å²) in [4.78, 5) is 4.43. The Labute approximate surface area is 105 Å². The van der Waals surface area contributed by atoms with Gasteiger partial charge in [0.1, 0.15) is 0 Å². The molecule has 0 aliphatic carbocycles. The topological polar surface area (TPSA) is 24.9 Å². The summed E-state index contributed by atoms with van der Waals surface area (Å²) in [5, 5.41) is 3.58. The van der Waals surface area contributed by atoms with Crippen molar-refractivity contribution in [3.63, 3.8) is 0 Å². The van der Waals surface area contributed by atoms with Gasteiger partial charge in [0.2, 0.25) is 0 Å². The lowest BCUT2D eigenvalue weighted by atomic mass is 9.99. The fourth-order valence-corrected chi connectivity index (χ4v) is 2.04. The molecule has 0 saturated carbocycles. The lowest BCUT2D eigenvalue weighted by Crippen LogP contribution is -2.22. The van der Waals surface area contributed by atoms with Crippen LogP contribution in [-0.4, -0.2) is 11.5 Å². The van der Waals surface area contributed by atoms with E-state index >= 15 is 0 Å². The van der Waals surface area contributed by atoms with E-state index < -0.39 is 0 Å². The highest BCUT2D eigenvalue weighted by molar-refractivity contribution is 5.24. The third kappa shape index (κ3) is 4.70. The van der Waals surface area contributed by atoms with Gasteiger partial charge in [-0.05, 0) is 57.9 Å². The first kappa shape index (κ1) is 13.9. The van der Waals surface area contributed by atoms with Crippen LogP contribution in [0.4, 0.5) is 0 Å². The highest BCUT2D eigenvalue weighted by atomic mass is 14.9. The summed E-state index contributed by atoms with van der Waals surface area (Å²) in [5.41, 5.74) is 4.71. The average Bonchev–Trinajstić information content (AvgIpc) is 2.22. The minimum Gasteiger partial charge on any atom is -0.310 e. The predicted octanol–water partition coefficient (Wildman–Crippen LogP) is 3.71. The summed E-state index contributed by atoms with van der Waals surface area (Å²) >= 11 is 0. The van der Waals surface area contributed by atoms with Crippen LogP contribution in [0.25, 0.3) is 0 Å². The van der Waals surface area contributed by atoms with E-state index in [-0.39, 0.29) is 0 Å². The second kappa shape index (κ2) is 6.55. The van der Waals surface area contributed by atoms with E-state index in [0.29, 0.717) is 6.04 Å². The monoisotopic (exact) mass is 232 g/mol. The van der Waals surface area contributed by atoms with Gasteiger partial charge < -0.3 is 5.32 Å². The highest BCUT2D eigenvalue weighted by Crippen LogP contribution is 2.21. The van der Waals surface area contributed by atoms with E-state index in [1.807, 2.05) is 13.8 Å². The summed E-state index contributed by atoms with van der Waals surface area (Å²) < 4.78 is 0. The first-order valence-electron chi connectivity index (χ1n) is 6.36. The van der Waals surface area contributed by atoms with E-state index in [0.717, 1.165) is 30.8 Å². The van der Waals surface area contributed by atoms with Crippen LogP contribution in [-0.2, 0) is 0 Å². The van der Waals surface area contributed by atoms with Crippen LogP contribution in [0.3, 0.4) is 0 Å². The molecular formula is C15H24N2. The van der Waals surface area contributed by atoms with Crippen LogP contribution in [0.5, 0.6) is 0 Å². The Hall–Kier alpha value is -1.15. The van der Waals surface area contributed by atoms with E-state index in [1.54, 1.807) is 0 Å². The van der Waals surface area contributed by atoms with Crippen molar-refractivity contribution < 1.29 is 0 Å². The molecule has 1 unspecified atom stereocenters. The maximum Gasteiger partial charge on any atom is 0.0379 e. The number of nitrogens with zero attached hydrogens (tertiary/aromatic N) is 1. The summed E-state index contributed by atoms with van der Waals surface area (Å²) in [5.74, 6) is 0. The molecular weight excluding hydrogens is 208 g/mol. The second-order valence-electron chi connectivity index (χ2n) is 4.85. The summed E-state index contributed by atoms with van der Waals surface area (Å²) in [7, 11) is 0. The van der Waals surface area contributed by atoms with Crippen molar-refractivity contribution in [1.82, 2.24) is 10.3 Å².